The minimum atomic E-state index is -0.922. The standard InChI is InChI=1S/C29H35NO2/c1-23(2)19-29(31,20-26-15-9-10-16-27(26)25-13-7-4-8-14-25)28-22-30(17-18-32-28)21-24-11-5-3-6-12-24/h3-16,23,28,31H,17-22H2,1-2H3. The molecular formula is C29H35NO2. The van der Waals surface area contributed by atoms with Gasteiger partial charge in [-0.25, -0.2) is 0 Å². The summed E-state index contributed by atoms with van der Waals surface area (Å²) in [6, 6.07) is 29.5. The number of benzene rings is 3. The Morgan fingerprint density at radius 2 is 1.59 bits per heavy atom. The number of morpholine rings is 1. The molecule has 1 aliphatic heterocycles. The van der Waals surface area contributed by atoms with Crippen molar-refractivity contribution in [1.82, 2.24) is 4.90 Å². The van der Waals surface area contributed by atoms with Gasteiger partial charge in [-0.05, 0) is 34.6 Å². The molecule has 1 fully saturated rings. The number of hydrogen-bond donors (Lipinski definition) is 1. The number of ether oxygens (including phenoxy) is 1. The largest absolute Gasteiger partial charge is 0.387 e. The van der Waals surface area contributed by atoms with Crippen LogP contribution in [0.5, 0.6) is 0 Å². The predicted octanol–water partition coefficient (Wildman–Crippen LogP) is 5.57. The van der Waals surface area contributed by atoms with Gasteiger partial charge in [0.25, 0.3) is 0 Å². The molecule has 0 aromatic heterocycles. The van der Waals surface area contributed by atoms with Gasteiger partial charge in [0.1, 0.15) is 0 Å². The molecule has 0 bridgehead atoms. The van der Waals surface area contributed by atoms with Crippen molar-refractivity contribution in [3.05, 3.63) is 96.1 Å². The van der Waals surface area contributed by atoms with Gasteiger partial charge in [0, 0.05) is 26.1 Å². The highest BCUT2D eigenvalue weighted by Gasteiger charge is 2.41. The summed E-state index contributed by atoms with van der Waals surface area (Å²) in [5, 5.41) is 12.1. The Labute approximate surface area is 192 Å². The summed E-state index contributed by atoms with van der Waals surface area (Å²) in [4.78, 5) is 2.41. The van der Waals surface area contributed by atoms with Crippen LogP contribution in [-0.4, -0.2) is 41.4 Å². The third kappa shape index (κ3) is 5.66. The van der Waals surface area contributed by atoms with E-state index in [0.29, 0.717) is 25.4 Å². The molecule has 4 rings (SSSR count). The predicted molar refractivity (Wildman–Crippen MR) is 131 cm³/mol. The van der Waals surface area contributed by atoms with Crippen LogP contribution in [0, 0.1) is 5.92 Å². The Bertz CT molecular complexity index is 973. The molecule has 2 unspecified atom stereocenters. The molecule has 0 amide bonds. The Kier molecular flexibility index (Phi) is 7.41. The van der Waals surface area contributed by atoms with Crippen molar-refractivity contribution in [2.24, 2.45) is 5.92 Å². The van der Waals surface area contributed by atoms with Gasteiger partial charge < -0.3 is 9.84 Å². The maximum Gasteiger partial charge on any atom is 0.0992 e. The Hall–Kier alpha value is -2.46. The van der Waals surface area contributed by atoms with Gasteiger partial charge in [-0.15, -0.1) is 0 Å². The molecule has 0 spiro atoms. The molecule has 0 aliphatic carbocycles. The molecule has 3 heteroatoms. The third-order valence-electron chi connectivity index (χ3n) is 6.36. The molecule has 1 heterocycles. The van der Waals surface area contributed by atoms with Crippen molar-refractivity contribution in [3.63, 3.8) is 0 Å². The quantitative estimate of drug-likeness (QED) is 0.508. The first-order valence-electron chi connectivity index (χ1n) is 11.8. The monoisotopic (exact) mass is 429 g/mol. The fourth-order valence-corrected chi connectivity index (χ4v) is 4.94. The van der Waals surface area contributed by atoms with Crippen LogP contribution in [0.4, 0.5) is 0 Å². The van der Waals surface area contributed by atoms with E-state index in [2.05, 4.69) is 97.6 Å². The van der Waals surface area contributed by atoms with Crippen LogP contribution in [0.2, 0.25) is 0 Å². The first-order chi connectivity index (χ1) is 15.5. The first kappa shape index (κ1) is 22.7. The molecule has 1 N–H and O–H groups in total. The van der Waals surface area contributed by atoms with Gasteiger partial charge in [-0.1, -0.05) is 98.8 Å². The third-order valence-corrected chi connectivity index (χ3v) is 6.36. The Morgan fingerprint density at radius 1 is 0.938 bits per heavy atom. The molecule has 168 valence electrons. The molecule has 1 saturated heterocycles. The smallest absolute Gasteiger partial charge is 0.0992 e. The van der Waals surface area contributed by atoms with E-state index in [4.69, 9.17) is 4.74 Å². The Morgan fingerprint density at radius 3 is 2.31 bits per heavy atom. The summed E-state index contributed by atoms with van der Waals surface area (Å²) >= 11 is 0. The number of aliphatic hydroxyl groups is 1. The van der Waals surface area contributed by atoms with Crippen LogP contribution < -0.4 is 0 Å². The van der Waals surface area contributed by atoms with Crippen LogP contribution in [0.1, 0.15) is 31.4 Å². The fraction of sp³-hybridized carbons (Fsp3) is 0.379. The summed E-state index contributed by atoms with van der Waals surface area (Å²) in [6.45, 7) is 7.53. The highest BCUT2D eigenvalue weighted by atomic mass is 16.5. The SMILES string of the molecule is CC(C)CC(O)(Cc1ccccc1-c1ccccc1)C1CN(Cc2ccccc2)CCO1. The van der Waals surface area contributed by atoms with E-state index in [9.17, 15) is 5.11 Å². The normalized spacial score (nSPS) is 19.1. The maximum atomic E-state index is 12.1. The van der Waals surface area contributed by atoms with Crippen molar-refractivity contribution in [2.75, 3.05) is 19.7 Å². The second-order valence-electron chi connectivity index (χ2n) is 9.48. The van der Waals surface area contributed by atoms with E-state index in [-0.39, 0.29) is 6.10 Å². The minimum Gasteiger partial charge on any atom is -0.387 e. The van der Waals surface area contributed by atoms with E-state index < -0.39 is 5.60 Å². The summed E-state index contributed by atoms with van der Waals surface area (Å²) in [5.41, 5.74) is 3.92. The molecule has 0 radical (unpaired) electrons. The summed E-state index contributed by atoms with van der Waals surface area (Å²) in [5.74, 6) is 0.372. The van der Waals surface area contributed by atoms with Gasteiger partial charge in [0.2, 0.25) is 0 Å². The summed E-state index contributed by atoms with van der Waals surface area (Å²) < 4.78 is 6.24. The van der Waals surface area contributed by atoms with E-state index in [1.165, 1.54) is 22.3 Å². The summed E-state index contributed by atoms with van der Waals surface area (Å²) in [7, 11) is 0. The highest BCUT2D eigenvalue weighted by Crippen LogP contribution is 2.33. The van der Waals surface area contributed by atoms with Gasteiger partial charge in [-0.3, -0.25) is 4.90 Å². The van der Waals surface area contributed by atoms with Crippen LogP contribution in [-0.2, 0) is 17.7 Å². The van der Waals surface area contributed by atoms with E-state index in [0.717, 1.165) is 19.6 Å². The van der Waals surface area contributed by atoms with Crippen LogP contribution >= 0.6 is 0 Å². The van der Waals surface area contributed by atoms with Gasteiger partial charge >= 0.3 is 0 Å². The molecule has 3 nitrogen and oxygen atoms in total. The van der Waals surface area contributed by atoms with E-state index >= 15 is 0 Å². The fourth-order valence-electron chi connectivity index (χ4n) is 4.94. The van der Waals surface area contributed by atoms with Crippen molar-refractivity contribution >= 4 is 0 Å². The second-order valence-corrected chi connectivity index (χ2v) is 9.48. The zero-order valence-electron chi connectivity index (χ0n) is 19.3. The lowest BCUT2D eigenvalue weighted by Gasteiger charge is -2.43. The van der Waals surface area contributed by atoms with Crippen molar-refractivity contribution in [2.45, 2.75) is 44.9 Å². The lowest BCUT2D eigenvalue weighted by molar-refractivity contribution is -0.151. The summed E-state index contributed by atoms with van der Waals surface area (Å²) in [6.07, 6.45) is 1.08. The van der Waals surface area contributed by atoms with Gasteiger partial charge in [-0.2, -0.15) is 0 Å². The highest BCUT2D eigenvalue weighted by molar-refractivity contribution is 5.67. The van der Waals surface area contributed by atoms with Gasteiger partial charge in [0.05, 0.1) is 18.3 Å². The average molecular weight is 430 g/mol. The molecule has 1 aliphatic rings. The van der Waals surface area contributed by atoms with E-state index in [1.54, 1.807) is 0 Å². The molecule has 2 atom stereocenters. The lowest BCUT2D eigenvalue weighted by Crippen LogP contribution is -2.56. The van der Waals surface area contributed by atoms with Crippen LogP contribution in [0.25, 0.3) is 11.1 Å². The minimum absolute atomic E-state index is 0.216. The van der Waals surface area contributed by atoms with Crippen molar-refractivity contribution in [1.29, 1.82) is 0 Å². The molecule has 3 aromatic rings. The maximum absolute atomic E-state index is 12.1. The molecular weight excluding hydrogens is 394 g/mol. The molecule has 0 saturated carbocycles. The topological polar surface area (TPSA) is 32.7 Å². The van der Waals surface area contributed by atoms with Crippen molar-refractivity contribution < 1.29 is 9.84 Å². The number of hydrogen-bond acceptors (Lipinski definition) is 3. The van der Waals surface area contributed by atoms with Crippen LogP contribution in [0.15, 0.2) is 84.9 Å². The van der Waals surface area contributed by atoms with Crippen LogP contribution in [0.3, 0.4) is 0 Å². The zero-order chi connectivity index (χ0) is 22.4. The average Bonchev–Trinajstić information content (AvgIpc) is 2.80. The van der Waals surface area contributed by atoms with Gasteiger partial charge in [0.15, 0.2) is 0 Å². The second kappa shape index (κ2) is 10.4. The number of nitrogens with zero attached hydrogens (tertiary/aromatic N) is 1. The van der Waals surface area contributed by atoms with E-state index in [1.807, 2.05) is 6.07 Å². The number of rotatable bonds is 8. The van der Waals surface area contributed by atoms with Crippen molar-refractivity contribution in [3.8, 4) is 11.1 Å². The Balaban J connectivity index is 1.58. The molecule has 32 heavy (non-hydrogen) atoms. The lowest BCUT2D eigenvalue weighted by atomic mass is 9.79. The molecule has 3 aromatic carbocycles. The first-order valence-corrected chi connectivity index (χ1v) is 11.8. The zero-order valence-corrected chi connectivity index (χ0v) is 19.3.